The average Bonchev–Trinajstić information content (AvgIpc) is 3.31. The summed E-state index contributed by atoms with van der Waals surface area (Å²) in [6, 6.07) is 7.24. The molecule has 0 aromatic heterocycles. The minimum atomic E-state index is -5.08. The number of carbonyl (C=O) groups is 4. The van der Waals surface area contributed by atoms with Gasteiger partial charge in [0.2, 0.25) is 21.8 Å². The van der Waals surface area contributed by atoms with Crippen molar-refractivity contribution >= 4 is 56.0 Å². The molecule has 2 aromatic carbocycles. The molecule has 2 fully saturated rings. The summed E-state index contributed by atoms with van der Waals surface area (Å²) in [6.07, 6.45) is -4.94. The molecule has 3 atom stereocenters. The van der Waals surface area contributed by atoms with E-state index in [1.165, 1.54) is 17.0 Å². The number of carboxylic acid groups (broad SMARTS) is 1. The van der Waals surface area contributed by atoms with E-state index >= 15 is 0 Å². The summed E-state index contributed by atoms with van der Waals surface area (Å²) in [6.45, 7) is 3.04. The van der Waals surface area contributed by atoms with Crippen LogP contribution >= 0.6 is 11.6 Å². The van der Waals surface area contributed by atoms with Gasteiger partial charge in [-0.05, 0) is 48.4 Å². The number of nitrogens with two attached hydrogens (primary N) is 1. The Morgan fingerprint density at radius 2 is 1.79 bits per heavy atom. The summed E-state index contributed by atoms with van der Waals surface area (Å²) in [5.74, 6) is -4.31. The number of nitrogens with one attached hydrogen (secondary N) is 2. The van der Waals surface area contributed by atoms with E-state index in [1.54, 1.807) is 31.2 Å². The number of nitrogens with zero attached hydrogens (tertiary/aromatic N) is 2. The number of ketones is 1. The molecule has 2 saturated heterocycles. The number of alkyl halides is 3. The molecular formula is C25H29ClF3N5O7S. The molecule has 0 aliphatic carbocycles. The molecule has 0 radical (unpaired) electrons. The Kier molecular flexibility index (Phi) is 10.5. The highest BCUT2D eigenvalue weighted by molar-refractivity contribution is 7.89. The number of halogens is 4. The molecule has 2 amide bonds. The van der Waals surface area contributed by atoms with E-state index in [-0.39, 0.29) is 23.6 Å². The predicted octanol–water partition coefficient (Wildman–Crippen LogP) is 0.722. The van der Waals surface area contributed by atoms with Crippen LogP contribution in [0.3, 0.4) is 0 Å². The van der Waals surface area contributed by atoms with Gasteiger partial charge in [-0.1, -0.05) is 23.7 Å². The lowest BCUT2D eigenvalue weighted by Gasteiger charge is -2.31. The lowest BCUT2D eigenvalue weighted by Crippen LogP contribution is -2.58. The van der Waals surface area contributed by atoms with Gasteiger partial charge < -0.3 is 26.4 Å². The van der Waals surface area contributed by atoms with Crippen LogP contribution in [0.15, 0.2) is 41.3 Å². The number of amides is 2. The smallest absolute Gasteiger partial charge is 0.475 e. The lowest BCUT2D eigenvalue weighted by atomic mass is 10.0. The highest BCUT2D eigenvalue weighted by Crippen LogP contribution is 2.29. The third-order valence-corrected chi connectivity index (χ3v) is 8.84. The SMILES string of the molecule is C[C@@H](C(=O)C1CNCCN1)N1CC[C@H](N(CC(N)=O)S(=O)(=O)c2ccc3cc(Cl)ccc3c2)C1=O.O=C(O)C(F)(F)F. The zero-order chi connectivity index (χ0) is 31.4. The van der Waals surface area contributed by atoms with Gasteiger partial charge in [0, 0.05) is 31.2 Å². The number of benzene rings is 2. The molecular weight excluding hydrogens is 607 g/mol. The Morgan fingerprint density at radius 3 is 2.36 bits per heavy atom. The first-order chi connectivity index (χ1) is 19.5. The van der Waals surface area contributed by atoms with Crippen LogP contribution in [0, 0.1) is 0 Å². The second kappa shape index (κ2) is 13.3. The number of hydrogen-bond acceptors (Lipinski definition) is 8. The van der Waals surface area contributed by atoms with E-state index in [9.17, 15) is 36.0 Å². The first-order valence-electron chi connectivity index (χ1n) is 12.6. The number of piperazine rings is 1. The maximum atomic E-state index is 13.6. The molecule has 2 aliphatic rings. The van der Waals surface area contributed by atoms with Crippen molar-refractivity contribution < 1.29 is 45.9 Å². The maximum Gasteiger partial charge on any atom is 0.490 e. The highest BCUT2D eigenvalue weighted by Gasteiger charge is 2.45. The Morgan fingerprint density at radius 1 is 1.17 bits per heavy atom. The number of aliphatic carboxylic acids is 1. The molecule has 42 heavy (non-hydrogen) atoms. The summed E-state index contributed by atoms with van der Waals surface area (Å²) in [5, 5.41) is 15.3. The van der Waals surface area contributed by atoms with Crippen molar-refractivity contribution in [3.05, 3.63) is 41.4 Å². The molecule has 2 aliphatic heterocycles. The Bertz CT molecular complexity index is 1470. The summed E-state index contributed by atoms with van der Waals surface area (Å²) >= 11 is 6.02. The van der Waals surface area contributed by atoms with Gasteiger partial charge in [-0.15, -0.1) is 0 Å². The van der Waals surface area contributed by atoms with Crippen molar-refractivity contribution in [3.63, 3.8) is 0 Å². The predicted molar refractivity (Wildman–Crippen MR) is 145 cm³/mol. The first-order valence-corrected chi connectivity index (χ1v) is 14.4. The van der Waals surface area contributed by atoms with Crippen molar-refractivity contribution in [3.8, 4) is 0 Å². The minimum Gasteiger partial charge on any atom is -0.475 e. The molecule has 12 nitrogen and oxygen atoms in total. The molecule has 2 aromatic rings. The number of carbonyl (C=O) groups excluding carboxylic acids is 3. The molecule has 1 unspecified atom stereocenters. The summed E-state index contributed by atoms with van der Waals surface area (Å²) < 4.78 is 59.8. The van der Waals surface area contributed by atoms with Gasteiger partial charge in [0.1, 0.15) is 6.04 Å². The monoisotopic (exact) mass is 635 g/mol. The van der Waals surface area contributed by atoms with Crippen molar-refractivity contribution in [2.75, 3.05) is 32.7 Å². The van der Waals surface area contributed by atoms with Crippen molar-refractivity contribution in [1.82, 2.24) is 19.8 Å². The Hall–Kier alpha value is -3.31. The Balaban J connectivity index is 0.000000616. The van der Waals surface area contributed by atoms with Crippen LogP contribution in [0.5, 0.6) is 0 Å². The van der Waals surface area contributed by atoms with E-state index in [0.717, 1.165) is 16.2 Å². The molecule has 0 saturated carbocycles. The van der Waals surface area contributed by atoms with E-state index in [2.05, 4.69) is 10.6 Å². The molecule has 2 heterocycles. The summed E-state index contributed by atoms with van der Waals surface area (Å²) in [4.78, 5) is 48.3. The van der Waals surface area contributed by atoms with Gasteiger partial charge in [0.25, 0.3) is 0 Å². The van der Waals surface area contributed by atoms with Crippen molar-refractivity contribution in [1.29, 1.82) is 0 Å². The van der Waals surface area contributed by atoms with E-state index < -0.39 is 58.7 Å². The van der Waals surface area contributed by atoms with Crippen LogP contribution in [-0.4, -0.2) is 103 Å². The second-order valence-electron chi connectivity index (χ2n) is 9.60. The normalized spacial score (nSPS) is 20.2. The van der Waals surface area contributed by atoms with Gasteiger partial charge in [-0.25, -0.2) is 13.2 Å². The van der Waals surface area contributed by atoms with Crippen molar-refractivity contribution in [2.45, 2.75) is 42.5 Å². The molecule has 4 rings (SSSR count). The maximum absolute atomic E-state index is 13.6. The van der Waals surface area contributed by atoms with E-state index in [4.69, 9.17) is 27.2 Å². The third-order valence-electron chi connectivity index (χ3n) is 6.76. The molecule has 5 N–H and O–H groups in total. The van der Waals surface area contributed by atoms with Crippen molar-refractivity contribution in [2.24, 2.45) is 5.73 Å². The summed E-state index contributed by atoms with van der Waals surface area (Å²) in [7, 11) is -4.26. The molecule has 17 heteroatoms. The third kappa shape index (κ3) is 7.74. The standard InChI is InChI=1S/C23H28ClN5O5S.C2HF3O2/c1-14(22(31)19-12-26-7-8-27-19)28-9-6-20(23(28)32)29(13-21(25)30)35(33,34)18-5-3-15-10-17(24)4-2-16(15)11-18;3-2(4,5)1(6)7/h2-5,10-11,14,19-20,26-27H,6-9,12-13H2,1H3,(H2,25,30);(H,6,7)/t14-,19?,20-;/m0./s1. The van der Waals surface area contributed by atoms with Crippen LogP contribution in [0.25, 0.3) is 10.8 Å². The largest absolute Gasteiger partial charge is 0.490 e. The zero-order valence-electron chi connectivity index (χ0n) is 22.2. The van der Waals surface area contributed by atoms with E-state index in [1.807, 2.05) is 0 Å². The quantitative estimate of drug-likeness (QED) is 0.325. The van der Waals surface area contributed by atoms with Crippen LogP contribution in [0.1, 0.15) is 13.3 Å². The van der Waals surface area contributed by atoms with Gasteiger partial charge in [-0.3, -0.25) is 14.4 Å². The zero-order valence-corrected chi connectivity index (χ0v) is 23.8. The van der Waals surface area contributed by atoms with Gasteiger partial charge in [0.05, 0.1) is 23.5 Å². The number of primary amides is 1. The number of fused-ring (bicyclic) bond motifs is 1. The van der Waals surface area contributed by atoms with Crippen LogP contribution in [-0.2, 0) is 29.2 Å². The fourth-order valence-electron chi connectivity index (χ4n) is 4.64. The summed E-state index contributed by atoms with van der Waals surface area (Å²) in [5.41, 5.74) is 5.37. The first kappa shape index (κ1) is 33.2. The van der Waals surface area contributed by atoms with Gasteiger partial charge in [0.15, 0.2) is 5.78 Å². The van der Waals surface area contributed by atoms with Crippen LogP contribution in [0.4, 0.5) is 13.2 Å². The lowest BCUT2D eigenvalue weighted by molar-refractivity contribution is -0.192. The topological polar surface area (TPSA) is 179 Å². The van der Waals surface area contributed by atoms with Crippen LogP contribution in [0.2, 0.25) is 5.02 Å². The number of hydrogen-bond donors (Lipinski definition) is 4. The number of likely N-dealkylation sites (tertiary alicyclic amines) is 1. The van der Waals surface area contributed by atoms with Gasteiger partial charge in [-0.2, -0.15) is 17.5 Å². The fraction of sp³-hybridized carbons (Fsp3) is 0.440. The number of Topliss-reactive ketones (excluding diaryl/α,β-unsaturated/α-hetero) is 1. The second-order valence-corrected chi connectivity index (χ2v) is 11.9. The van der Waals surface area contributed by atoms with E-state index in [0.29, 0.717) is 23.5 Å². The number of carboxylic acids is 1. The Labute approximate surface area is 244 Å². The van der Waals surface area contributed by atoms with Gasteiger partial charge >= 0.3 is 12.1 Å². The molecule has 230 valence electrons. The number of sulfonamides is 1. The van der Waals surface area contributed by atoms with Crippen LogP contribution < -0.4 is 16.4 Å². The highest BCUT2D eigenvalue weighted by atomic mass is 35.5. The molecule has 0 bridgehead atoms. The molecule has 0 spiro atoms. The number of rotatable bonds is 8. The fourth-order valence-corrected chi connectivity index (χ4v) is 6.44. The minimum absolute atomic E-state index is 0.0681. The average molecular weight is 636 g/mol.